The largest absolute Gasteiger partial charge is 0.486 e. The van der Waals surface area contributed by atoms with Crippen LogP contribution < -0.4 is 13.8 Å². The molecule has 0 radical (unpaired) electrons. The summed E-state index contributed by atoms with van der Waals surface area (Å²) >= 11 is 0. The maximum absolute atomic E-state index is 13.7. The molecule has 0 aromatic heterocycles. The molecule has 3 rings (SSSR count). The SMILES string of the molecule is C[C@H](C[C@H]1CN(S(=O)(=O)c2cccc(OC(F)F)c2)c2cc(CC(=O)OC(C)(C)C(F)(F)F)ccc2O1)C(=O)O. The molecule has 15 heteroatoms. The first kappa shape index (κ1) is 30.9. The molecule has 0 spiro atoms. The molecule has 2 atom stereocenters. The summed E-state index contributed by atoms with van der Waals surface area (Å²) in [6.07, 6.45) is -6.49. The van der Waals surface area contributed by atoms with Gasteiger partial charge in [-0.15, -0.1) is 0 Å². The maximum Gasteiger partial charge on any atom is 0.427 e. The minimum Gasteiger partial charge on any atom is -0.486 e. The number of hydrogen-bond donors (Lipinski definition) is 1. The van der Waals surface area contributed by atoms with Crippen LogP contribution in [0.1, 0.15) is 32.8 Å². The van der Waals surface area contributed by atoms with Crippen LogP contribution in [-0.4, -0.2) is 56.5 Å². The summed E-state index contributed by atoms with van der Waals surface area (Å²) in [6.45, 7) is -0.827. The van der Waals surface area contributed by atoms with Crippen LogP contribution in [0.25, 0.3) is 0 Å². The van der Waals surface area contributed by atoms with Crippen molar-refractivity contribution in [2.45, 2.75) is 63.0 Å². The molecule has 0 unspecified atom stereocenters. The van der Waals surface area contributed by atoms with Crippen LogP contribution in [0.3, 0.4) is 0 Å². The molecule has 1 aliphatic rings. The van der Waals surface area contributed by atoms with Crippen molar-refractivity contribution in [2.24, 2.45) is 5.92 Å². The molecular weight excluding hydrogens is 569 g/mol. The summed E-state index contributed by atoms with van der Waals surface area (Å²) in [4.78, 5) is 23.2. The third kappa shape index (κ3) is 7.11. The number of carboxylic acids is 1. The summed E-state index contributed by atoms with van der Waals surface area (Å²) in [5.74, 6) is -3.71. The van der Waals surface area contributed by atoms with Crippen LogP contribution in [0.2, 0.25) is 0 Å². The van der Waals surface area contributed by atoms with Gasteiger partial charge in [-0.25, -0.2) is 8.42 Å². The van der Waals surface area contributed by atoms with Gasteiger partial charge in [-0.3, -0.25) is 13.9 Å². The lowest BCUT2D eigenvalue weighted by Gasteiger charge is -2.36. The van der Waals surface area contributed by atoms with E-state index in [1.165, 1.54) is 31.2 Å². The Morgan fingerprint density at radius 2 is 1.82 bits per heavy atom. The number of carboxylic acid groups (broad SMARTS) is 1. The lowest BCUT2D eigenvalue weighted by atomic mass is 10.0. The van der Waals surface area contributed by atoms with Gasteiger partial charge in [0.15, 0.2) is 0 Å². The third-order valence-electron chi connectivity index (χ3n) is 6.01. The lowest BCUT2D eigenvalue weighted by molar-refractivity contribution is -0.257. The van der Waals surface area contributed by atoms with Gasteiger partial charge in [-0.05, 0) is 50.1 Å². The molecule has 220 valence electrons. The number of anilines is 1. The van der Waals surface area contributed by atoms with E-state index >= 15 is 0 Å². The highest BCUT2D eigenvalue weighted by Crippen LogP contribution is 2.40. The number of benzene rings is 2. The first-order valence-corrected chi connectivity index (χ1v) is 13.2. The Kier molecular flexibility index (Phi) is 8.87. The van der Waals surface area contributed by atoms with Gasteiger partial charge in [-0.1, -0.05) is 19.1 Å². The number of carbonyl (C=O) groups is 2. The molecule has 9 nitrogen and oxygen atoms in total. The van der Waals surface area contributed by atoms with E-state index in [1.807, 2.05) is 0 Å². The minimum absolute atomic E-state index is 0.00913. The summed E-state index contributed by atoms with van der Waals surface area (Å²) in [6, 6.07) is 8.16. The minimum atomic E-state index is -4.83. The zero-order valence-electron chi connectivity index (χ0n) is 21.4. The number of aliphatic carboxylic acids is 1. The van der Waals surface area contributed by atoms with E-state index in [0.29, 0.717) is 13.8 Å². The molecule has 40 heavy (non-hydrogen) atoms. The molecule has 2 aromatic carbocycles. The van der Waals surface area contributed by atoms with Crippen LogP contribution in [0.5, 0.6) is 11.5 Å². The third-order valence-corrected chi connectivity index (χ3v) is 7.79. The van der Waals surface area contributed by atoms with Crippen LogP contribution in [-0.2, 0) is 30.8 Å². The average Bonchev–Trinajstić information content (AvgIpc) is 2.82. The zero-order chi connectivity index (χ0) is 30.0. The number of rotatable bonds is 10. The molecule has 0 aliphatic carbocycles. The Bertz CT molecular complexity index is 1360. The second-order valence-electron chi connectivity index (χ2n) is 9.57. The fraction of sp³-hybridized carbons (Fsp3) is 0.440. The van der Waals surface area contributed by atoms with Crippen molar-refractivity contribution in [1.29, 1.82) is 0 Å². The van der Waals surface area contributed by atoms with E-state index in [2.05, 4.69) is 9.47 Å². The number of nitrogens with zero attached hydrogens (tertiary/aromatic N) is 1. The Hall–Kier alpha value is -3.62. The topological polar surface area (TPSA) is 119 Å². The highest BCUT2D eigenvalue weighted by molar-refractivity contribution is 7.92. The van der Waals surface area contributed by atoms with Crippen LogP contribution in [0, 0.1) is 5.92 Å². The van der Waals surface area contributed by atoms with Crippen molar-refractivity contribution < 1.29 is 59.3 Å². The predicted octanol–water partition coefficient (Wildman–Crippen LogP) is 4.78. The zero-order valence-corrected chi connectivity index (χ0v) is 22.3. The molecule has 0 saturated heterocycles. The summed E-state index contributed by atoms with van der Waals surface area (Å²) < 4.78 is 108. The van der Waals surface area contributed by atoms with Crippen molar-refractivity contribution in [2.75, 3.05) is 10.8 Å². The van der Waals surface area contributed by atoms with E-state index in [1.54, 1.807) is 0 Å². The van der Waals surface area contributed by atoms with Gasteiger partial charge in [0.05, 0.1) is 29.5 Å². The van der Waals surface area contributed by atoms with E-state index < -0.39 is 69.4 Å². The number of ether oxygens (including phenoxy) is 3. The Morgan fingerprint density at radius 3 is 2.42 bits per heavy atom. The molecule has 1 N–H and O–H groups in total. The molecular formula is C25H26F5NO8S. The van der Waals surface area contributed by atoms with E-state index in [-0.39, 0.29) is 30.0 Å². The van der Waals surface area contributed by atoms with Crippen LogP contribution in [0.4, 0.5) is 27.6 Å². The summed E-state index contributed by atoms with van der Waals surface area (Å²) in [7, 11) is -4.50. The van der Waals surface area contributed by atoms with Gasteiger partial charge >= 0.3 is 24.7 Å². The van der Waals surface area contributed by atoms with Crippen molar-refractivity contribution in [3.63, 3.8) is 0 Å². The number of halogens is 5. The quantitative estimate of drug-likeness (QED) is 0.308. The van der Waals surface area contributed by atoms with E-state index in [9.17, 15) is 45.1 Å². The first-order valence-electron chi connectivity index (χ1n) is 11.8. The highest BCUT2D eigenvalue weighted by Gasteiger charge is 2.50. The average molecular weight is 596 g/mol. The molecule has 0 saturated carbocycles. The summed E-state index contributed by atoms with van der Waals surface area (Å²) in [5, 5.41) is 9.29. The number of hydrogen-bond acceptors (Lipinski definition) is 7. The fourth-order valence-electron chi connectivity index (χ4n) is 3.80. The van der Waals surface area contributed by atoms with Gasteiger partial charge < -0.3 is 19.3 Å². The molecule has 1 heterocycles. The number of sulfonamides is 1. The van der Waals surface area contributed by atoms with Crippen LogP contribution >= 0.6 is 0 Å². The molecule has 1 aliphatic heterocycles. The van der Waals surface area contributed by atoms with Gasteiger partial charge in [0, 0.05) is 6.07 Å². The Labute approximate surface area is 226 Å². The van der Waals surface area contributed by atoms with Gasteiger partial charge in [-0.2, -0.15) is 22.0 Å². The highest BCUT2D eigenvalue weighted by atomic mass is 32.2. The van der Waals surface area contributed by atoms with Gasteiger partial charge in [0.1, 0.15) is 17.6 Å². The van der Waals surface area contributed by atoms with Crippen molar-refractivity contribution in [3.8, 4) is 11.5 Å². The summed E-state index contributed by atoms with van der Waals surface area (Å²) in [5.41, 5.74) is -2.77. The predicted molar refractivity (Wildman–Crippen MR) is 130 cm³/mol. The monoisotopic (exact) mass is 595 g/mol. The van der Waals surface area contributed by atoms with Gasteiger partial charge in [0.2, 0.25) is 5.60 Å². The number of esters is 1. The van der Waals surface area contributed by atoms with Crippen molar-refractivity contribution in [1.82, 2.24) is 0 Å². The second kappa shape index (κ2) is 11.5. The lowest BCUT2D eigenvalue weighted by Crippen LogP contribution is -2.44. The Balaban J connectivity index is 2.00. The second-order valence-corrected chi connectivity index (χ2v) is 11.4. The first-order chi connectivity index (χ1) is 18.4. The molecule has 0 bridgehead atoms. The van der Waals surface area contributed by atoms with Crippen LogP contribution in [0.15, 0.2) is 47.4 Å². The van der Waals surface area contributed by atoms with Crippen molar-refractivity contribution >= 4 is 27.6 Å². The normalized spacial score (nSPS) is 16.6. The Morgan fingerprint density at radius 1 is 1.15 bits per heavy atom. The smallest absolute Gasteiger partial charge is 0.427 e. The molecule has 0 amide bonds. The fourth-order valence-corrected chi connectivity index (χ4v) is 5.33. The number of alkyl halides is 5. The van der Waals surface area contributed by atoms with E-state index in [0.717, 1.165) is 22.5 Å². The van der Waals surface area contributed by atoms with Crippen molar-refractivity contribution in [3.05, 3.63) is 48.0 Å². The number of carbonyl (C=O) groups excluding carboxylic acids is 1. The standard InChI is InChI=1S/C25H26F5NO8S/c1-14(22(33)34)9-17-13-31(40(35,36)18-6-4-5-16(12-18)38-23(26)27)19-10-15(7-8-20(19)37-17)11-21(32)39-24(2,3)25(28,29)30/h4-8,10,12,14,17,23H,9,11,13H2,1-3H3,(H,33,34)/t14-,17+/m1/s1. The molecule has 2 aromatic rings. The maximum atomic E-state index is 13.7. The molecule has 0 fully saturated rings. The van der Waals surface area contributed by atoms with E-state index in [4.69, 9.17) is 4.74 Å². The number of fused-ring (bicyclic) bond motifs is 1. The van der Waals surface area contributed by atoms with Gasteiger partial charge in [0.25, 0.3) is 10.0 Å².